The van der Waals surface area contributed by atoms with Crippen molar-refractivity contribution >= 4 is 12.6 Å². The Morgan fingerprint density at radius 1 is 0.824 bits per heavy atom. The molecule has 0 saturated heterocycles. The van der Waals surface area contributed by atoms with Crippen molar-refractivity contribution in [3.8, 4) is 23.0 Å². The number of hydrogen-bond donors (Lipinski definition) is 2. The van der Waals surface area contributed by atoms with E-state index in [0.29, 0.717) is 11.5 Å². The van der Waals surface area contributed by atoms with E-state index < -0.39 is 7.12 Å². The molecule has 0 aliphatic heterocycles. The normalized spacial score (nSPS) is 9.76. The van der Waals surface area contributed by atoms with E-state index >= 15 is 0 Å². The van der Waals surface area contributed by atoms with Crippen LogP contribution in [0.1, 0.15) is 0 Å². The predicted octanol–water partition coefficient (Wildman–Crippen LogP) is -0.599. The Hall–Kier alpha value is -1.60. The maximum Gasteiger partial charge on any atom is 0.492 e. The van der Waals surface area contributed by atoms with E-state index in [1.807, 2.05) is 0 Å². The van der Waals surface area contributed by atoms with Gasteiger partial charge in [-0.05, 0) is 6.07 Å². The Morgan fingerprint density at radius 2 is 1.35 bits per heavy atom. The maximum atomic E-state index is 9.26. The van der Waals surface area contributed by atoms with Crippen molar-refractivity contribution in [2.75, 3.05) is 28.4 Å². The molecule has 7 heteroatoms. The molecule has 0 unspecified atom stereocenters. The minimum atomic E-state index is -1.70. The average Bonchev–Trinajstić information content (AvgIpc) is 2.35. The molecule has 0 aliphatic rings. The molecule has 0 spiro atoms. The molecule has 6 nitrogen and oxygen atoms in total. The van der Waals surface area contributed by atoms with Gasteiger partial charge in [0.15, 0.2) is 11.5 Å². The Kier molecular flexibility index (Phi) is 4.48. The quantitative estimate of drug-likeness (QED) is 0.671. The molecule has 0 atom stereocenters. The molecule has 0 aromatic heterocycles. The second-order valence-corrected chi connectivity index (χ2v) is 3.14. The molecule has 17 heavy (non-hydrogen) atoms. The number of ether oxygens (including phenoxy) is 4. The SMILES string of the molecule is COc1cc(B(O)O)c(OC)c(OC)c1OC. The van der Waals surface area contributed by atoms with E-state index in [2.05, 4.69) is 0 Å². The molecule has 1 aromatic rings. The molecule has 0 amide bonds. The third kappa shape index (κ3) is 2.40. The molecule has 1 rings (SSSR count). The van der Waals surface area contributed by atoms with Gasteiger partial charge in [0.2, 0.25) is 11.5 Å². The van der Waals surface area contributed by atoms with Crippen LogP contribution < -0.4 is 24.4 Å². The summed E-state index contributed by atoms with van der Waals surface area (Å²) in [6.07, 6.45) is 0. The minimum absolute atomic E-state index is 0.141. The van der Waals surface area contributed by atoms with E-state index in [4.69, 9.17) is 18.9 Å². The third-order valence-electron chi connectivity index (χ3n) is 2.30. The van der Waals surface area contributed by atoms with Gasteiger partial charge in [-0.2, -0.15) is 0 Å². The van der Waals surface area contributed by atoms with Gasteiger partial charge >= 0.3 is 7.12 Å². The van der Waals surface area contributed by atoms with Crippen molar-refractivity contribution in [1.82, 2.24) is 0 Å². The van der Waals surface area contributed by atoms with Gasteiger partial charge in [-0.25, -0.2) is 0 Å². The maximum absolute atomic E-state index is 9.26. The number of benzene rings is 1. The van der Waals surface area contributed by atoms with Gasteiger partial charge in [0.25, 0.3) is 0 Å². The zero-order chi connectivity index (χ0) is 13.0. The lowest BCUT2D eigenvalue weighted by atomic mass is 9.79. The van der Waals surface area contributed by atoms with Crippen molar-refractivity contribution < 1.29 is 29.0 Å². The molecule has 0 heterocycles. The van der Waals surface area contributed by atoms with Crippen molar-refractivity contribution in [3.05, 3.63) is 6.07 Å². The van der Waals surface area contributed by atoms with E-state index in [-0.39, 0.29) is 17.0 Å². The standard InChI is InChI=1S/C10H15BO6/c1-14-7-5-6(11(12)13)8(15-2)10(17-4)9(7)16-3/h5,12-13H,1-4H3. The zero-order valence-corrected chi connectivity index (χ0v) is 10.2. The molecular weight excluding hydrogens is 227 g/mol. The highest BCUT2D eigenvalue weighted by Gasteiger charge is 2.27. The fraction of sp³-hybridized carbons (Fsp3) is 0.400. The van der Waals surface area contributed by atoms with Gasteiger partial charge < -0.3 is 29.0 Å². The zero-order valence-electron chi connectivity index (χ0n) is 10.2. The molecule has 0 aliphatic carbocycles. The number of hydrogen-bond acceptors (Lipinski definition) is 6. The van der Waals surface area contributed by atoms with Crippen LogP contribution in [0.15, 0.2) is 6.07 Å². The van der Waals surface area contributed by atoms with Gasteiger partial charge in [0, 0.05) is 5.46 Å². The van der Waals surface area contributed by atoms with Crippen LogP contribution in [0.4, 0.5) is 0 Å². The Morgan fingerprint density at radius 3 is 1.71 bits per heavy atom. The van der Waals surface area contributed by atoms with Gasteiger partial charge in [0.05, 0.1) is 28.4 Å². The van der Waals surface area contributed by atoms with E-state index in [0.717, 1.165) is 0 Å². The lowest BCUT2D eigenvalue weighted by Crippen LogP contribution is -2.31. The predicted molar refractivity (Wildman–Crippen MR) is 62.5 cm³/mol. The van der Waals surface area contributed by atoms with Crippen LogP contribution in [0.3, 0.4) is 0 Å². The highest BCUT2D eigenvalue weighted by molar-refractivity contribution is 6.60. The average molecular weight is 242 g/mol. The topological polar surface area (TPSA) is 77.4 Å². The summed E-state index contributed by atoms with van der Waals surface area (Å²) in [6.45, 7) is 0. The third-order valence-corrected chi connectivity index (χ3v) is 2.30. The van der Waals surface area contributed by atoms with Crippen LogP contribution in [0, 0.1) is 0 Å². The molecular formula is C10H15BO6. The van der Waals surface area contributed by atoms with Crippen LogP contribution >= 0.6 is 0 Å². The number of rotatable bonds is 5. The van der Waals surface area contributed by atoms with Gasteiger partial charge in [-0.1, -0.05) is 0 Å². The Balaban J connectivity index is 3.54. The van der Waals surface area contributed by atoms with Crippen molar-refractivity contribution in [3.63, 3.8) is 0 Å². The summed E-state index contributed by atoms with van der Waals surface area (Å²) in [6, 6.07) is 1.42. The smallest absolute Gasteiger partial charge is 0.492 e. The summed E-state index contributed by atoms with van der Waals surface area (Å²) < 4.78 is 20.5. The summed E-state index contributed by atoms with van der Waals surface area (Å²) in [5.74, 6) is 1.10. The first kappa shape index (κ1) is 13.5. The largest absolute Gasteiger partial charge is 0.493 e. The second kappa shape index (κ2) is 5.65. The molecule has 0 radical (unpaired) electrons. The first-order valence-corrected chi connectivity index (χ1v) is 4.83. The summed E-state index contributed by atoms with van der Waals surface area (Å²) in [4.78, 5) is 0. The highest BCUT2D eigenvalue weighted by Crippen LogP contribution is 2.42. The minimum Gasteiger partial charge on any atom is -0.493 e. The van der Waals surface area contributed by atoms with Crippen molar-refractivity contribution in [1.29, 1.82) is 0 Å². The second-order valence-electron chi connectivity index (χ2n) is 3.14. The van der Waals surface area contributed by atoms with E-state index in [1.165, 1.54) is 34.5 Å². The molecule has 0 saturated carbocycles. The van der Waals surface area contributed by atoms with Gasteiger partial charge in [-0.3, -0.25) is 0 Å². The van der Waals surface area contributed by atoms with E-state index in [9.17, 15) is 10.0 Å². The molecule has 0 fully saturated rings. The van der Waals surface area contributed by atoms with Crippen LogP contribution in [-0.4, -0.2) is 45.6 Å². The number of methoxy groups -OCH3 is 4. The lowest BCUT2D eigenvalue weighted by molar-refractivity contribution is 0.306. The van der Waals surface area contributed by atoms with Crippen molar-refractivity contribution in [2.45, 2.75) is 0 Å². The summed E-state index contributed by atoms with van der Waals surface area (Å²) in [5.41, 5.74) is 0.141. The molecule has 94 valence electrons. The Labute approximate surface area is 99.8 Å². The lowest BCUT2D eigenvalue weighted by Gasteiger charge is -2.18. The van der Waals surface area contributed by atoms with Gasteiger partial charge in [-0.15, -0.1) is 0 Å². The van der Waals surface area contributed by atoms with E-state index in [1.54, 1.807) is 0 Å². The van der Waals surface area contributed by atoms with Crippen LogP contribution in [-0.2, 0) is 0 Å². The van der Waals surface area contributed by atoms with Crippen molar-refractivity contribution in [2.24, 2.45) is 0 Å². The van der Waals surface area contributed by atoms with Gasteiger partial charge in [0.1, 0.15) is 0 Å². The van der Waals surface area contributed by atoms with Crippen LogP contribution in [0.5, 0.6) is 23.0 Å². The van der Waals surface area contributed by atoms with Crippen LogP contribution in [0.25, 0.3) is 0 Å². The summed E-state index contributed by atoms with van der Waals surface area (Å²) in [5, 5.41) is 18.5. The fourth-order valence-electron chi connectivity index (χ4n) is 1.55. The fourth-order valence-corrected chi connectivity index (χ4v) is 1.55. The summed E-state index contributed by atoms with van der Waals surface area (Å²) in [7, 11) is 4.02. The highest BCUT2D eigenvalue weighted by atomic mass is 16.5. The molecule has 1 aromatic carbocycles. The summed E-state index contributed by atoms with van der Waals surface area (Å²) >= 11 is 0. The molecule has 2 N–H and O–H groups in total. The first-order chi connectivity index (χ1) is 8.10. The van der Waals surface area contributed by atoms with Crippen LogP contribution in [0.2, 0.25) is 0 Å². The Bertz CT molecular complexity index is 393. The monoisotopic (exact) mass is 242 g/mol. The molecule has 0 bridgehead atoms. The first-order valence-electron chi connectivity index (χ1n) is 4.83.